The number of carbonyl (C=O) groups excluding carboxylic acids is 1. The molecule has 1 aromatic rings. The molecule has 0 aliphatic carbocycles. The second-order valence-electron chi connectivity index (χ2n) is 2.92. The minimum Gasteiger partial charge on any atom is -0.381 e. The predicted molar refractivity (Wildman–Crippen MR) is 56.7 cm³/mol. The second-order valence-corrected chi connectivity index (χ2v) is 2.92. The van der Waals surface area contributed by atoms with E-state index in [9.17, 15) is 9.70 Å². The Morgan fingerprint density at radius 1 is 1.47 bits per heavy atom. The van der Waals surface area contributed by atoms with Crippen molar-refractivity contribution in [1.82, 2.24) is 0 Å². The molecule has 0 saturated heterocycles. The number of ether oxygens (including phenoxy) is 1. The lowest BCUT2D eigenvalue weighted by molar-refractivity contribution is -0.379. The van der Waals surface area contributed by atoms with Gasteiger partial charge in [-0.25, -0.2) is 0 Å². The van der Waals surface area contributed by atoms with Crippen LogP contribution in [0, 0.1) is 4.91 Å². The molecule has 0 fully saturated rings. The van der Waals surface area contributed by atoms with Crippen molar-refractivity contribution in [1.29, 1.82) is 0 Å². The van der Waals surface area contributed by atoms with Crippen molar-refractivity contribution >= 4 is 18.0 Å². The SMILES string of the molecule is COC/C=C/c1ccc(C=O)c([NH+]=O)c1. The Labute approximate surface area is 87.5 Å². The summed E-state index contributed by atoms with van der Waals surface area (Å²) in [6.45, 7) is 0.509. The highest BCUT2D eigenvalue weighted by Gasteiger charge is 2.07. The molecule has 1 rings (SSSR count). The second kappa shape index (κ2) is 5.82. The summed E-state index contributed by atoms with van der Waals surface area (Å²) in [5, 5.41) is 1.73. The van der Waals surface area contributed by atoms with Gasteiger partial charge in [0.2, 0.25) is 0 Å². The topological polar surface area (TPSA) is 57.3 Å². The first-order chi connectivity index (χ1) is 7.31. The predicted octanol–water partition coefficient (Wildman–Crippen LogP) is 0.637. The number of benzene rings is 1. The van der Waals surface area contributed by atoms with Crippen molar-refractivity contribution in [2.75, 3.05) is 13.7 Å². The third-order valence-corrected chi connectivity index (χ3v) is 1.89. The fourth-order valence-corrected chi connectivity index (χ4v) is 1.15. The summed E-state index contributed by atoms with van der Waals surface area (Å²) in [4.78, 5) is 21.1. The molecule has 0 unspecified atom stereocenters. The standard InChI is InChI=1S/C11H11NO3/c1-15-6-2-3-9-4-5-10(8-13)11(7-9)12-14/h2-5,7-8H,6H2,1H3/p+1/b3-2+. The zero-order valence-corrected chi connectivity index (χ0v) is 8.40. The smallest absolute Gasteiger partial charge is 0.264 e. The minimum atomic E-state index is 0.282. The van der Waals surface area contributed by atoms with E-state index in [2.05, 4.69) is 0 Å². The van der Waals surface area contributed by atoms with Gasteiger partial charge in [0.15, 0.2) is 6.29 Å². The van der Waals surface area contributed by atoms with Crippen molar-refractivity contribution in [3.8, 4) is 0 Å². The normalized spacial score (nSPS) is 10.5. The van der Waals surface area contributed by atoms with Crippen LogP contribution in [0.15, 0.2) is 24.3 Å². The maximum absolute atomic E-state index is 10.5. The third-order valence-electron chi connectivity index (χ3n) is 1.89. The molecular weight excluding hydrogens is 194 g/mol. The maximum Gasteiger partial charge on any atom is 0.264 e. The summed E-state index contributed by atoms with van der Waals surface area (Å²) in [7, 11) is 1.60. The monoisotopic (exact) mass is 206 g/mol. The van der Waals surface area contributed by atoms with Crippen LogP contribution in [-0.2, 0) is 4.74 Å². The van der Waals surface area contributed by atoms with E-state index in [0.717, 1.165) is 5.56 Å². The Hall–Kier alpha value is -1.81. The van der Waals surface area contributed by atoms with Gasteiger partial charge in [0, 0.05) is 23.3 Å². The number of hydrogen-bond donors (Lipinski definition) is 1. The summed E-state index contributed by atoms with van der Waals surface area (Å²) in [5.41, 5.74) is 1.48. The van der Waals surface area contributed by atoms with Crippen LogP contribution in [0.2, 0.25) is 0 Å². The van der Waals surface area contributed by atoms with Gasteiger partial charge >= 0.3 is 0 Å². The van der Waals surface area contributed by atoms with Crippen molar-refractivity contribution in [2.24, 2.45) is 0 Å². The van der Waals surface area contributed by atoms with Crippen LogP contribution < -0.4 is 5.18 Å². The molecule has 0 radical (unpaired) electrons. The first-order valence-electron chi connectivity index (χ1n) is 4.44. The highest BCUT2D eigenvalue weighted by molar-refractivity contribution is 5.82. The number of methoxy groups -OCH3 is 1. The molecule has 0 bridgehead atoms. The number of nitrogens with one attached hydrogen (secondary N) is 1. The maximum atomic E-state index is 10.5. The summed E-state index contributed by atoms with van der Waals surface area (Å²) in [5.74, 6) is 0. The zero-order valence-electron chi connectivity index (χ0n) is 8.40. The number of nitroso groups, excluding NO2 is 1. The van der Waals surface area contributed by atoms with Gasteiger partial charge in [-0.3, -0.25) is 4.79 Å². The third kappa shape index (κ3) is 3.11. The molecule has 0 aliphatic heterocycles. The van der Waals surface area contributed by atoms with Crippen LogP contribution in [0.1, 0.15) is 15.9 Å². The van der Waals surface area contributed by atoms with Crippen molar-refractivity contribution in [2.45, 2.75) is 0 Å². The van der Waals surface area contributed by atoms with Gasteiger partial charge in [0.1, 0.15) is 0 Å². The molecule has 15 heavy (non-hydrogen) atoms. The van der Waals surface area contributed by atoms with E-state index in [0.29, 0.717) is 18.5 Å². The zero-order chi connectivity index (χ0) is 11.1. The van der Waals surface area contributed by atoms with Gasteiger partial charge in [-0.1, -0.05) is 18.2 Å². The highest BCUT2D eigenvalue weighted by atomic mass is 16.5. The summed E-state index contributed by atoms with van der Waals surface area (Å²) in [6.07, 6.45) is 4.28. The van der Waals surface area contributed by atoms with Crippen LogP contribution in [0.25, 0.3) is 6.08 Å². The van der Waals surface area contributed by atoms with E-state index in [1.807, 2.05) is 12.2 Å². The molecule has 4 nitrogen and oxygen atoms in total. The molecule has 1 aromatic carbocycles. The summed E-state index contributed by atoms with van der Waals surface area (Å²) >= 11 is 0. The molecule has 0 aliphatic rings. The van der Waals surface area contributed by atoms with Gasteiger partial charge in [0.05, 0.1) is 12.2 Å². The molecule has 1 N–H and O–H groups in total. The summed E-state index contributed by atoms with van der Waals surface area (Å²) in [6, 6.07) is 4.97. The lowest BCUT2D eigenvalue weighted by Gasteiger charge is -1.94. The van der Waals surface area contributed by atoms with Gasteiger partial charge in [0.25, 0.3) is 5.69 Å². The number of hydrogen-bond acceptors (Lipinski definition) is 3. The molecule has 78 valence electrons. The van der Waals surface area contributed by atoms with Crippen LogP contribution >= 0.6 is 0 Å². The van der Waals surface area contributed by atoms with Gasteiger partial charge < -0.3 is 4.74 Å². The average molecular weight is 206 g/mol. The van der Waals surface area contributed by atoms with E-state index in [4.69, 9.17) is 4.74 Å². The molecule has 0 saturated carbocycles. The average Bonchev–Trinajstić information content (AvgIpc) is 2.29. The fourth-order valence-electron chi connectivity index (χ4n) is 1.15. The molecule has 0 atom stereocenters. The first kappa shape index (κ1) is 11.3. The van der Waals surface area contributed by atoms with E-state index in [1.54, 1.807) is 30.5 Å². The van der Waals surface area contributed by atoms with Crippen LogP contribution in [-0.4, -0.2) is 20.0 Å². The van der Waals surface area contributed by atoms with E-state index in [1.165, 1.54) is 0 Å². The van der Waals surface area contributed by atoms with Crippen LogP contribution in [0.4, 0.5) is 5.69 Å². The lowest BCUT2D eigenvalue weighted by atomic mass is 10.1. The van der Waals surface area contributed by atoms with Crippen molar-refractivity contribution in [3.63, 3.8) is 0 Å². The van der Waals surface area contributed by atoms with Gasteiger partial charge in [-0.05, 0) is 11.6 Å². The number of aldehydes is 1. The number of carbonyl (C=O) groups is 1. The lowest BCUT2D eigenvalue weighted by Crippen LogP contribution is -2.56. The van der Waals surface area contributed by atoms with Crippen molar-refractivity contribution < 1.29 is 14.7 Å². The molecule has 0 amide bonds. The Kier molecular flexibility index (Phi) is 4.37. The first-order valence-corrected chi connectivity index (χ1v) is 4.44. The fraction of sp³-hybridized carbons (Fsp3) is 0.182. The Balaban J connectivity index is 2.92. The number of rotatable bonds is 5. The minimum absolute atomic E-state index is 0.282. The Morgan fingerprint density at radius 3 is 2.87 bits per heavy atom. The van der Waals surface area contributed by atoms with Crippen molar-refractivity contribution in [3.05, 3.63) is 40.3 Å². The molecular formula is C11H12NO3+. The molecule has 0 heterocycles. The van der Waals surface area contributed by atoms with E-state index in [-0.39, 0.29) is 5.69 Å². The van der Waals surface area contributed by atoms with Crippen LogP contribution in [0.3, 0.4) is 0 Å². The quantitative estimate of drug-likeness (QED) is 0.719. The van der Waals surface area contributed by atoms with Crippen LogP contribution in [0.5, 0.6) is 0 Å². The Bertz CT molecular complexity index is 385. The van der Waals surface area contributed by atoms with E-state index >= 15 is 0 Å². The van der Waals surface area contributed by atoms with E-state index < -0.39 is 0 Å². The van der Waals surface area contributed by atoms with Gasteiger partial charge in [-0.2, -0.15) is 0 Å². The molecule has 0 aromatic heterocycles. The largest absolute Gasteiger partial charge is 0.381 e. The summed E-state index contributed by atoms with van der Waals surface area (Å²) < 4.78 is 4.84. The Morgan fingerprint density at radius 2 is 2.27 bits per heavy atom. The molecule has 0 spiro atoms. The highest BCUT2D eigenvalue weighted by Crippen LogP contribution is 2.12. The van der Waals surface area contributed by atoms with Gasteiger partial charge in [-0.15, -0.1) is 0 Å². The molecule has 4 heteroatoms.